The summed E-state index contributed by atoms with van der Waals surface area (Å²) in [6.45, 7) is 1.47. The van der Waals surface area contributed by atoms with E-state index in [-0.39, 0.29) is 5.02 Å². The van der Waals surface area contributed by atoms with Crippen molar-refractivity contribution in [3.63, 3.8) is 0 Å². The summed E-state index contributed by atoms with van der Waals surface area (Å²) in [5.74, 6) is -1.08. The molecule has 0 unspecified atom stereocenters. The maximum absolute atomic E-state index is 12.1. The van der Waals surface area contributed by atoms with Gasteiger partial charge in [0.2, 0.25) is 0 Å². The van der Waals surface area contributed by atoms with Gasteiger partial charge in [0.1, 0.15) is 11.8 Å². The Morgan fingerprint density at radius 2 is 2.13 bits per heavy atom. The van der Waals surface area contributed by atoms with E-state index >= 15 is 0 Å². The fraction of sp³-hybridized carbons (Fsp3) is 0.188. The fourth-order valence-electron chi connectivity index (χ4n) is 1.88. The zero-order chi connectivity index (χ0) is 17.0. The van der Waals surface area contributed by atoms with Crippen LogP contribution in [0.2, 0.25) is 5.02 Å². The molecule has 0 aliphatic carbocycles. The second-order valence-corrected chi connectivity index (χ2v) is 5.25. The number of ether oxygens (including phenoxy) is 1. The van der Waals surface area contributed by atoms with Gasteiger partial charge < -0.3 is 14.6 Å². The number of aryl methyl sites for hydroxylation is 1. The number of anilines is 1. The molecule has 1 aromatic heterocycles. The molecule has 0 bridgehead atoms. The number of nitrogens with zero attached hydrogens (tertiary/aromatic N) is 2. The quantitative estimate of drug-likeness (QED) is 0.873. The van der Waals surface area contributed by atoms with Gasteiger partial charge in [0.25, 0.3) is 5.91 Å². The summed E-state index contributed by atoms with van der Waals surface area (Å²) in [6, 6.07) is 9.75. The number of hydrogen-bond donors (Lipinski definition) is 1. The molecule has 0 saturated carbocycles. The van der Waals surface area contributed by atoms with Crippen molar-refractivity contribution in [2.45, 2.75) is 13.0 Å². The molecule has 1 amide bonds. The van der Waals surface area contributed by atoms with E-state index in [2.05, 4.69) is 5.32 Å². The molecule has 6 nitrogen and oxygen atoms in total. The van der Waals surface area contributed by atoms with Crippen molar-refractivity contribution in [3.05, 3.63) is 52.8 Å². The van der Waals surface area contributed by atoms with Crippen LogP contribution in [0.25, 0.3) is 0 Å². The average Bonchev–Trinajstić information content (AvgIpc) is 2.93. The molecule has 118 valence electrons. The Morgan fingerprint density at radius 3 is 2.70 bits per heavy atom. The van der Waals surface area contributed by atoms with Gasteiger partial charge in [-0.15, -0.1) is 0 Å². The number of carbonyl (C=O) groups is 2. The van der Waals surface area contributed by atoms with E-state index < -0.39 is 18.0 Å². The summed E-state index contributed by atoms with van der Waals surface area (Å²) in [7, 11) is 1.71. The summed E-state index contributed by atoms with van der Waals surface area (Å²) in [5.41, 5.74) is 1.08. The highest BCUT2D eigenvalue weighted by molar-refractivity contribution is 6.32. The van der Waals surface area contributed by atoms with Gasteiger partial charge in [-0.3, -0.25) is 4.79 Å². The zero-order valence-electron chi connectivity index (χ0n) is 12.5. The van der Waals surface area contributed by atoms with Gasteiger partial charge in [0.15, 0.2) is 6.10 Å². The van der Waals surface area contributed by atoms with Gasteiger partial charge >= 0.3 is 5.97 Å². The molecular formula is C16H14ClN3O3. The Kier molecular flexibility index (Phi) is 5.04. The van der Waals surface area contributed by atoms with Crippen LogP contribution >= 0.6 is 11.6 Å². The van der Waals surface area contributed by atoms with Crippen LogP contribution in [0.3, 0.4) is 0 Å². The number of benzene rings is 1. The van der Waals surface area contributed by atoms with E-state index in [9.17, 15) is 9.59 Å². The second-order valence-electron chi connectivity index (χ2n) is 4.85. The van der Waals surface area contributed by atoms with E-state index in [1.165, 1.54) is 19.1 Å². The molecule has 0 aliphatic rings. The lowest BCUT2D eigenvalue weighted by Gasteiger charge is -2.14. The van der Waals surface area contributed by atoms with Gasteiger partial charge in [-0.1, -0.05) is 11.6 Å². The highest BCUT2D eigenvalue weighted by Gasteiger charge is 2.20. The lowest BCUT2D eigenvalue weighted by molar-refractivity contribution is -0.123. The molecule has 0 radical (unpaired) electrons. The van der Waals surface area contributed by atoms with Gasteiger partial charge in [-0.2, -0.15) is 5.26 Å². The number of esters is 1. The number of nitrogens with one attached hydrogen (secondary N) is 1. The minimum atomic E-state index is -0.980. The smallest absolute Gasteiger partial charge is 0.355 e. The van der Waals surface area contributed by atoms with Crippen LogP contribution in [-0.2, 0) is 16.6 Å². The summed E-state index contributed by atoms with van der Waals surface area (Å²) < 4.78 is 6.73. The first-order valence-electron chi connectivity index (χ1n) is 6.75. The monoisotopic (exact) mass is 331 g/mol. The number of amides is 1. The number of carbonyl (C=O) groups excluding carboxylic acids is 2. The molecule has 1 atom stereocenters. The lowest BCUT2D eigenvalue weighted by atomic mass is 10.2. The van der Waals surface area contributed by atoms with Gasteiger partial charge in [-0.25, -0.2) is 4.79 Å². The molecule has 0 aliphatic heterocycles. The first-order valence-corrected chi connectivity index (χ1v) is 7.13. The second kappa shape index (κ2) is 6.99. The molecule has 23 heavy (non-hydrogen) atoms. The van der Waals surface area contributed by atoms with Crippen molar-refractivity contribution >= 4 is 29.2 Å². The summed E-state index contributed by atoms with van der Waals surface area (Å²) >= 11 is 5.90. The normalized spacial score (nSPS) is 11.4. The summed E-state index contributed by atoms with van der Waals surface area (Å²) in [6.07, 6.45) is 0.729. The minimum absolute atomic E-state index is 0.235. The van der Waals surface area contributed by atoms with E-state index in [1.807, 2.05) is 6.07 Å². The fourth-order valence-corrected chi connectivity index (χ4v) is 2.10. The number of aromatic nitrogens is 1. The molecule has 0 fully saturated rings. The number of rotatable bonds is 4. The Hall–Kier alpha value is -2.78. The highest BCUT2D eigenvalue weighted by Crippen LogP contribution is 2.20. The molecule has 2 aromatic rings. The molecule has 0 spiro atoms. The van der Waals surface area contributed by atoms with Crippen LogP contribution in [0.4, 0.5) is 5.69 Å². The van der Waals surface area contributed by atoms with Crippen LogP contribution in [0, 0.1) is 11.3 Å². The number of halogens is 1. The van der Waals surface area contributed by atoms with Crippen LogP contribution in [0.1, 0.15) is 23.0 Å². The third-order valence-corrected chi connectivity index (χ3v) is 3.48. The van der Waals surface area contributed by atoms with Crippen LogP contribution in [0.5, 0.6) is 0 Å². The molecule has 1 heterocycles. The molecule has 0 saturated heterocycles. The van der Waals surface area contributed by atoms with E-state index in [0.29, 0.717) is 16.9 Å². The summed E-state index contributed by atoms with van der Waals surface area (Å²) in [5, 5.41) is 11.6. The van der Waals surface area contributed by atoms with Crippen molar-refractivity contribution in [2.75, 3.05) is 5.32 Å². The third-order valence-electron chi connectivity index (χ3n) is 3.16. The Balaban J connectivity index is 2.00. The summed E-state index contributed by atoms with van der Waals surface area (Å²) in [4.78, 5) is 24.0. The number of hydrogen-bond acceptors (Lipinski definition) is 4. The zero-order valence-corrected chi connectivity index (χ0v) is 13.3. The van der Waals surface area contributed by atoms with Crippen LogP contribution in [-0.4, -0.2) is 22.5 Å². The third kappa shape index (κ3) is 3.90. The standard InChI is InChI=1S/C16H14ClN3O3/c1-10(23-16(22)14-4-3-7-20(14)2)15(21)19-12-6-5-11(9-18)13(17)8-12/h3-8,10H,1-2H3,(H,19,21)/t10-/m0/s1. The van der Waals surface area contributed by atoms with E-state index in [1.54, 1.807) is 36.0 Å². The van der Waals surface area contributed by atoms with Gasteiger partial charge in [0.05, 0.1) is 10.6 Å². The Labute approximate surface area is 138 Å². The first-order chi connectivity index (χ1) is 10.9. The van der Waals surface area contributed by atoms with Crippen LogP contribution < -0.4 is 5.32 Å². The maximum atomic E-state index is 12.1. The Morgan fingerprint density at radius 1 is 1.39 bits per heavy atom. The van der Waals surface area contributed by atoms with Gasteiger partial charge in [0, 0.05) is 18.9 Å². The Bertz CT molecular complexity index is 792. The van der Waals surface area contributed by atoms with Gasteiger partial charge in [-0.05, 0) is 37.3 Å². The SMILES string of the molecule is C[C@H](OC(=O)c1cccn1C)C(=O)Nc1ccc(C#N)c(Cl)c1. The molecule has 1 N–H and O–H groups in total. The van der Waals surface area contributed by atoms with Crippen molar-refractivity contribution < 1.29 is 14.3 Å². The van der Waals surface area contributed by atoms with Crippen molar-refractivity contribution in [2.24, 2.45) is 7.05 Å². The lowest BCUT2D eigenvalue weighted by Crippen LogP contribution is -2.30. The topological polar surface area (TPSA) is 84.1 Å². The number of nitriles is 1. The average molecular weight is 332 g/mol. The molecule has 7 heteroatoms. The van der Waals surface area contributed by atoms with E-state index in [0.717, 1.165) is 0 Å². The predicted molar refractivity (Wildman–Crippen MR) is 85.1 cm³/mol. The first kappa shape index (κ1) is 16.6. The van der Waals surface area contributed by atoms with Crippen molar-refractivity contribution in [3.8, 4) is 6.07 Å². The largest absolute Gasteiger partial charge is 0.448 e. The molecular weight excluding hydrogens is 318 g/mol. The van der Waals surface area contributed by atoms with Crippen molar-refractivity contribution in [1.82, 2.24) is 4.57 Å². The minimum Gasteiger partial charge on any atom is -0.448 e. The van der Waals surface area contributed by atoms with Crippen LogP contribution in [0.15, 0.2) is 36.5 Å². The van der Waals surface area contributed by atoms with Crippen molar-refractivity contribution in [1.29, 1.82) is 5.26 Å². The predicted octanol–water partition coefficient (Wildman–Crippen LogP) is 2.73. The highest BCUT2D eigenvalue weighted by atomic mass is 35.5. The molecule has 2 rings (SSSR count). The van der Waals surface area contributed by atoms with E-state index in [4.69, 9.17) is 21.6 Å². The molecule has 1 aromatic carbocycles. The maximum Gasteiger partial charge on any atom is 0.355 e.